The molecule has 0 unspecified atom stereocenters. The number of rotatable bonds is 9. The zero-order chi connectivity index (χ0) is 18.6. The molecule has 18 heteroatoms. The molecule has 0 aliphatic heterocycles. The van der Waals surface area contributed by atoms with Crippen molar-refractivity contribution in [3.63, 3.8) is 0 Å². The summed E-state index contributed by atoms with van der Waals surface area (Å²) in [6, 6.07) is 0. The molecule has 0 aromatic rings. The molecule has 0 saturated carbocycles. The standard InChI is InChI=1S/C8H16N6O6S4.2Na/c15-23(16,17)5-3-9-7(21)13-11-1-2-12-14-8(22)10-4-6-24(18,19)20;;/h1-2H,3-6H2,(H2,9,13,21)(H2,10,14,22)(H,15,16,17)(H,18,19,20);;/q;2*+1/p-2/b11-1+,12-2?;;. The molecule has 0 amide bonds. The number of nitrogens with zero attached hydrogens (tertiary/aromatic N) is 2. The Morgan fingerprint density at radius 3 is 1.38 bits per heavy atom. The average molecular weight is 464 g/mol. The van der Waals surface area contributed by atoms with Crippen LogP contribution in [0.4, 0.5) is 0 Å². The van der Waals surface area contributed by atoms with Crippen molar-refractivity contribution in [2.45, 2.75) is 0 Å². The number of hydrogen-bond donors (Lipinski definition) is 4. The van der Waals surface area contributed by atoms with Gasteiger partial charge in [0.05, 0.1) is 44.2 Å². The fourth-order valence-corrected chi connectivity index (χ4v) is 1.93. The summed E-state index contributed by atoms with van der Waals surface area (Å²) >= 11 is 9.48. The van der Waals surface area contributed by atoms with Gasteiger partial charge in [-0.3, -0.25) is 10.9 Å². The largest absolute Gasteiger partial charge is 1.00 e. The van der Waals surface area contributed by atoms with Crippen molar-refractivity contribution in [1.29, 1.82) is 0 Å². The third kappa shape index (κ3) is 24.5. The van der Waals surface area contributed by atoms with Gasteiger partial charge in [-0.2, -0.15) is 10.2 Å². The molecule has 0 aromatic heterocycles. The van der Waals surface area contributed by atoms with Crippen LogP contribution in [0.5, 0.6) is 0 Å². The number of thiocarbonyl (C=S) groups is 2. The Bertz CT molecular complexity index is 638. The molecular formula is C8H14N6Na2O6S4. The van der Waals surface area contributed by atoms with Crippen LogP contribution in [-0.4, -0.2) is 73.2 Å². The van der Waals surface area contributed by atoms with E-state index in [0.717, 1.165) is 0 Å². The van der Waals surface area contributed by atoms with Gasteiger partial charge in [-0.15, -0.1) is 0 Å². The summed E-state index contributed by atoms with van der Waals surface area (Å²) in [4.78, 5) is 0. The van der Waals surface area contributed by atoms with E-state index >= 15 is 0 Å². The van der Waals surface area contributed by atoms with Crippen LogP contribution in [0.3, 0.4) is 0 Å². The Kier molecular flexibility index (Phi) is 19.8. The third-order valence-electron chi connectivity index (χ3n) is 1.82. The molecule has 0 spiro atoms. The van der Waals surface area contributed by atoms with Crippen LogP contribution in [-0.2, 0) is 20.2 Å². The van der Waals surface area contributed by atoms with Crippen LogP contribution in [0.2, 0.25) is 0 Å². The fraction of sp³-hybridized carbons (Fsp3) is 0.500. The Morgan fingerprint density at radius 1 is 0.808 bits per heavy atom. The first-order valence-electron chi connectivity index (χ1n) is 5.99. The summed E-state index contributed by atoms with van der Waals surface area (Å²) < 4.78 is 62.0. The molecule has 0 radical (unpaired) electrons. The fourth-order valence-electron chi connectivity index (χ4n) is 0.917. The van der Waals surface area contributed by atoms with Gasteiger partial charge < -0.3 is 19.7 Å². The number of hydrogen-bond acceptors (Lipinski definition) is 10. The SMILES string of the molecule is O=S(=O)([O-])CCNC(=S)NN=C/C=N/NC(=S)NCCS(=O)(=O)[O-].[Na+].[Na+]. The van der Waals surface area contributed by atoms with E-state index in [2.05, 4.69) is 31.7 Å². The quantitative estimate of drug-likeness (QED) is 0.0831. The van der Waals surface area contributed by atoms with Crippen molar-refractivity contribution in [3.05, 3.63) is 0 Å². The predicted molar refractivity (Wildman–Crippen MR) is 93.6 cm³/mol. The van der Waals surface area contributed by atoms with Crippen LogP contribution in [0.1, 0.15) is 0 Å². The Balaban J connectivity index is -0.00000264. The first kappa shape index (κ1) is 31.2. The summed E-state index contributed by atoms with van der Waals surface area (Å²) in [6.07, 6.45) is 2.35. The van der Waals surface area contributed by atoms with Gasteiger partial charge in [-0.25, -0.2) is 16.8 Å². The Labute approximate surface area is 206 Å². The van der Waals surface area contributed by atoms with Crippen LogP contribution in [0.25, 0.3) is 0 Å². The van der Waals surface area contributed by atoms with E-state index in [9.17, 15) is 25.9 Å². The second-order valence-electron chi connectivity index (χ2n) is 3.82. The summed E-state index contributed by atoms with van der Waals surface area (Å²) in [6.45, 7) is -0.302. The van der Waals surface area contributed by atoms with E-state index in [1.807, 2.05) is 0 Å². The smallest absolute Gasteiger partial charge is 0.748 e. The zero-order valence-electron chi connectivity index (χ0n) is 14.0. The van der Waals surface area contributed by atoms with Gasteiger partial charge in [0.2, 0.25) is 0 Å². The maximum absolute atomic E-state index is 10.3. The molecule has 0 rings (SSSR count). The van der Waals surface area contributed by atoms with E-state index in [1.165, 1.54) is 12.4 Å². The molecule has 0 aromatic carbocycles. The van der Waals surface area contributed by atoms with Crippen LogP contribution in [0, 0.1) is 0 Å². The van der Waals surface area contributed by atoms with Crippen molar-refractivity contribution in [3.8, 4) is 0 Å². The Hall–Kier alpha value is 0.540. The second-order valence-corrected chi connectivity index (χ2v) is 7.68. The number of hydrazone groups is 2. The van der Waals surface area contributed by atoms with E-state index in [0.29, 0.717) is 0 Å². The van der Waals surface area contributed by atoms with Gasteiger partial charge in [0.25, 0.3) is 0 Å². The maximum Gasteiger partial charge on any atom is 1.00 e. The molecule has 12 nitrogen and oxygen atoms in total. The molecule has 0 saturated heterocycles. The van der Waals surface area contributed by atoms with E-state index in [-0.39, 0.29) is 82.4 Å². The molecule has 138 valence electrons. The maximum atomic E-state index is 10.3. The van der Waals surface area contributed by atoms with Crippen LogP contribution < -0.4 is 80.6 Å². The van der Waals surface area contributed by atoms with Crippen LogP contribution in [0.15, 0.2) is 10.2 Å². The first-order valence-corrected chi connectivity index (χ1v) is 9.96. The molecule has 0 heterocycles. The average Bonchev–Trinajstić information content (AvgIpc) is 2.39. The van der Waals surface area contributed by atoms with E-state index in [1.54, 1.807) is 0 Å². The molecule has 0 aliphatic carbocycles. The topological polar surface area (TPSA) is 187 Å². The van der Waals surface area contributed by atoms with Gasteiger partial charge in [-0.05, 0) is 24.4 Å². The predicted octanol–water partition coefficient (Wildman–Crippen LogP) is -9.02. The molecular weight excluding hydrogens is 450 g/mol. The van der Waals surface area contributed by atoms with Crippen molar-refractivity contribution >= 4 is 67.3 Å². The van der Waals surface area contributed by atoms with E-state index < -0.39 is 31.7 Å². The van der Waals surface area contributed by atoms with Gasteiger partial charge >= 0.3 is 59.1 Å². The molecule has 0 fully saturated rings. The van der Waals surface area contributed by atoms with Gasteiger partial charge in [-0.1, -0.05) is 0 Å². The summed E-state index contributed by atoms with van der Waals surface area (Å²) in [5, 5.41) is 12.1. The molecule has 4 N–H and O–H groups in total. The van der Waals surface area contributed by atoms with Crippen LogP contribution >= 0.6 is 24.4 Å². The molecule has 0 bridgehead atoms. The third-order valence-corrected chi connectivity index (χ3v) is 3.70. The normalized spacial score (nSPS) is 11.3. The van der Waals surface area contributed by atoms with Crippen molar-refractivity contribution in [1.82, 2.24) is 21.5 Å². The summed E-state index contributed by atoms with van der Waals surface area (Å²) in [5.74, 6) is -1.22. The first-order chi connectivity index (χ1) is 11.0. The van der Waals surface area contributed by atoms with Gasteiger partial charge in [0.15, 0.2) is 10.2 Å². The Morgan fingerprint density at radius 2 is 1.12 bits per heavy atom. The van der Waals surface area contributed by atoms with Crippen molar-refractivity contribution in [2.24, 2.45) is 10.2 Å². The monoisotopic (exact) mass is 464 g/mol. The minimum absolute atomic E-state index is 0. The number of nitrogens with one attached hydrogen (secondary N) is 4. The summed E-state index contributed by atoms with van der Waals surface area (Å²) in [5.41, 5.74) is 4.66. The summed E-state index contributed by atoms with van der Waals surface area (Å²) in [7, 11) is -8.62. The minimum Gasteiger partial charge on any atom is -0.748 e. The zero-order valence-corrected chi connectivity index (χ0v) is 21.2. The van der Waals surface area contributed by atoms with Gasteiger partial charge in [0.1, 0.15) is 0 Å². The van der Waals surface area contributed by atoms with Gasteiger partial charge in [0, 0.05) is 13.1 Å². The molecule has 0 atom stereocenters. The second kappa shape index (κ2) is 16.5. The van der Waals surface area contributed by atoms with E-state index in [4.69, 9.17) is 24.4 Å². The molecule has 0 aliphatic rings. The minimum atomic E-state index is -4.31. The molecule has 26 heavy (non-hydrogen) atoms. The van der Waals surface area contributed by atoms with Crippen molar-refractivity contribution in [2.75, 3.05) is 24.6 Å². The van der Waals surface area contributed by atoms with Crippen molar-refractivity contribution < 1.29 is 85.1 Å².